The summed E-state index contributed by atoms with van der Waals surface area (Å²) < 4.78 is 2.03. The Hall–Kier alpha value is -2.89. The first-order valence-corrected chi connectivity index (χ1v) is 10.2. The first-order chi connectivity index (χ1) is 13.8. The number of aliphatic imine (C=N–C) groups is 1. The third-order valence-corrected chi connectivity index (χ3v) is 5.61. The molecule has 2 N–H and O–H groups in total. The Labute approximate surface area is 166 Å². The van der Waals surface area contributed by atoms with Gasteiger partial charge in [0.1, 0.15) is 5.82 Å². The molecule has 0 amide bonds. The largest absolute Gasteiger partial charge is 0.357 e. The van der Waals surface area contributed by atoms with E-state index in [0.29, 0.717) is 0 Å². The van der Waals surface area contributed by atoms with Crippen molar-refractivity contribution in [3.05, 3.63) is 66.1 Å². The van der Waals surface area contributed by atoms with E-state index in [9.17, 15) is 0 Å². The molecule has 1 aromatic carbocycles. The molecular formula is C22H28N6. The third-order valence-electron chi connectivity index (χ3n) is 5.61. The average molecular weight is 377 g/mol. The molecule has 1 fully saturated rings. The zero-order valence-electron chi connectivity index (χ0n) is 16.4. The second-order valence-electron chi connectivity index (χ2n) is 7.42. The van der Waals surface area contributed by atoms with Crippen LogP contribution in [0.3, 0.4) is 0 Å². The van der Waals surface area contributed by atoms with E-state index < -0.39 is 0 Å². The normalized spacial score (nSPS) is 16.0. The predicted octanol–water partition coefficient (Wildman–Crippen LogP) is 2.95. The summed E-state index contributed by atoms with van der Waals surface area (Å²) in [5.74, 6) is 1.83. The molecule has 4 rings (SSSR count). The zero-order valence-corrected chi connectivity index (χ0v) is 16.4. The van der Waals surface area contributed by atoms with Gasteiger partial charge in [0, 0.05) is 31.1 Å². The molecule has 0 unspecified atom stereocenters. The number of nitrogens with one attached hydrogen (secondary N) is 2. The van der Waals surface area contributed by atoms with Gasteiger partial charge in [-0.3, -0.25) is 9.39 Å². The molecule has 0 spiro atoms. The van der Waals surface area contributed by atoms with Gasteiger partial charge in [-0.1, -0.05) is 42.8 Å². The SMILES string of the molecule is CCNC(=NCC1(c2ccccc2)CCC1)NCCc1nnc2ccccn12. The third kappa shape index (κ3) is 3.86. The van der Waals surface area contributed by atoms with Gasteiger partial charge in [-0.15, -0.1) is 10.2 Å². The first-order valence-electron chi connectivity index (χ1n) is 10.2. The van der Waals surface area contributed by atoms with Gasteiger partial charge in [-0.2, -0.15) is 0 Å². The van der Waals surface area contributed by atoms with Crippen LogP contribution in [0, 0.1) is 0 Å². The highest BCUT2D eigenvalue weighted by Gasteiger charge is 2.38. The molecule has 2 heterocycles. The molecule has 3 aromatic rings. The molecule has 1 aliphatic rings. The van der Waals surface area contributed by atoms with Crippen molar-refractivity contribution in [1.82, 2.24) is 25.2 Å². The van der Waals surface area contributed by atoms with Gasteiger partial charge in [0.15, 0.2) is 11.6 Å². The standard InChI is InChI=1S/C22H28N6/c1-2-23-21(24-15-12-20-27-26-19-11-6-7-16-28(19)20)25-17-22(13-8-14-22)18-9-4-3-5-10-18/h3-7,9-11,16H,2,8,12-15,17H2,1H3,(H2,23,24,25). The number of pyridine rings is 1. The lowest BCUT2D eigenvalue weighted by Gasteiger charge is -2.41. The maximum Gasteiger partial charge on any atom is 0.191 e. The number of hydrogen-bond donors (Lipinski definition) is 2. The number of guanidine groups is 1. The van der Waals surface area contributed by atoms with Crippen LogP contribution in [-0.4, -0.2) is 40.2 Å². The van der Waals surface area contributed by atoms with Crippen molar-refractivity contribution in [2.45, 2.75) is 38.0 Å². The molecule has 28 heavy (non-hydrogen) atoms. The van der Waals surface area contributed by atoms with Gasteiger partial charge in [0.2, 0.25) is 0 Å². The van der Waals surface area contributed by atoms with Crippen molar-refractivity contribution in [2.24, 2.45) is 4.99 Å². The number of rotatable bonds is 7. The topological polar surface area (TPSA) is 66.6 Å². The highest BCUT2D eigenvalue weighted by molar-refractivity contribution is 5.79. The Morgan fingerprint density at radius 1 is 1.07 bits per heavy atom. The summed E-state index contributed by atoms with van der Waals surface area (Å²) in [6, 6.07) is 16.8. The van der Waals surface area contributed by atoms with Crippen LogP contribution < -0.4 is 10.6 Å². The Balaban J connectivity index is 1.39. The van der Waals surface area contributed by atoms with Crippen molar-refractivity contribution in [3.8, 4) is 0 Å². The molecule has 146 valence electrons. The fraction of sp³-hybridized carbons (Fsp3) is 0.409. The lowest BCUT2D eigenvalue weighted by atomic mass is 9.64. The number of hydrogen-bond acceptors (Lipinski definition) is 3. The quantitative estimate of drug-likeness (QED) is 0.491. The van der Waals surface area contributed by atoms with Crippen LogP contribution in [0.25, 0.3) is 5.65 Å². The Kier molecular flexibility index (Phi) is 5.55. The fourth-order valence-corrected chi connectivity index (χ4v) is 3.86. The minimum Gasteiger partial charge on any atom is -0.357 e. The van der Waals surface area contributed by atoms with E-state index >= 15 is 0 Å². The average Bonchev–Trinajstić information content (AvgIpc) is 3.11. The van der Waals surface area contributed by atoms with Crippen LogP contribution in [0.15, 0.2) is 59.7 Å². The minimum absolute atomic E-state index is 0.201. The van der Waals surface area contributed by atoms with Crippen molar-refractivity contribution < 1.29 is 0 Å². The van der Waals surface area contributed by atoms with Gasteiger partial charge < -0.3 is 10.6 Å². The van der Waals surface area contributed by atoms with Crippen LogP contribution >= 0.6 is 0 Å². The molecule has 1 aliphatic carbocycles. The van der Waals surface area contributed by atoms with Crippen molar-refractivity contribution in [1.29, 1.82) is 0 Å². The number of benzene rings is 1. The van der Waals surface area contributed by atoms with Gasteiger partial charge >= 0.3 is 0 Å². The Morgan fingerprint density at radius 2 is 1.89 bits per heavy atom. The molecule has 2 aromatic heterocycles. The van der Waals surface area contributed by atoms with Crippen LogP contribution in [0.1, 0.15) is 37.6 Å². The van der Waals surface area contributed by atoms with E-state index in [1.807, 2.05) is 28.8 Å². The summed E-state index contributed by atoms with van der Waals surface area (Å²) >= 11 is 0. The molecule has 1 saturated carbocycles. The van der Waals surface area contributed by atoms with Crippen molar-refractivity contribution in [3.63, 3.8) is 0 Å². The van der Waals surface area contributed by atoms with Crippen LogP contribution in [0.5, 0.6) is 0 Å². The van der Waals surface area contributed by atoms with Gasteiger partial charge in [0.05, 0.1) is 6.54 Å². The maximum absolute atomic E-state index is 4.92. The van der Waals surface area contributed by atoms with E-state index in [0.717, 1.165) is 43.5 Å². The van der Waals surface area contributed by atoms with Crippen molar-refractivity contribution >= 4 is 11.6 Å². The monoisotopic (exact) mass is 376 g/mol. The van der Waals surface area contributed by atoms with E-state index in [2.05, 4.69) is 58.1 Å². The molecule has 0 radical (unpaired) electrons. The molecular weight excluding hydrogens is 348 g/mol. The summed E-state index contributed by atoms with van der Waals surface area (Å²) in [4.78, 5) is 4.92. The van der Waals surface area contributed by atoms with Crippen molar-refractivity contribution in [2.75, 3.05) is 19.6 Å². The molecule has 6 nitrogen and oxygen atoms in total. The summed E-state index contributed by atoms with van der Waals surface area (Å²) in [6.07, 6.45) is 6.51. The first kappa shape index (κ1) is 18.5. The van der Waals surface area contributed by atoms with Crippen LogP contribution in [-0.2, 0) is 11.8 Å². The highest BCUT2D eigenvalue weighted by Crippen LogP contribution is 2.43. The van der Waals surface area contributed by atoms with E-state index in [1.165, 1.54) is 24.8 Å². The van der Waals surface area contributed by atoms with Gasteiger partial charge in [-0.25, -0.2) is 0 Å². The molecule has 0 aliphatic heterocycles. The second-order valence-corrected chi connectivity index (χ2v) is 7.42. The summed E-state index contributed by atoms with van der Waals surface area (Å²) in [5.41, 5.74) is 2.50. The van der Waals surface area contributed by atoms with E-state index in [4.69, 9.17) is 4.99 Å². The van der Waals surface area contributed by atoms with Crippen LogP contribution in [0.2, 0.25) is 0 Å². The lowest BCUT2D eigenvalue weighted by Crippen LogP contribution is -2.42. The molecule has 0 atom stereocenters. The summed E-state index contributed by atoms with van der Waals surface area (Å²) in [5, 5.41) is 15.3. The van der Waals surface area contributed by atoms with Gasteiger partial charge in [0.25, 0.3) is 0 Å². The number of nitrogens with zero attached hydrogens (tertiary/aromatic N) is 4. The lowest BCUT2D eigenvalue weighted by molar-refractivity contribution is 0.253. The van der Waals surface area contributed by atoms with Gasteiger partial charge in [-0.05, 0) is 37.5 Å². The second kappa shape index (κ2) is 8.42. The minimum atomic E-state index is 0.201. The molecule has 0 bridgehead atoms. The van der Waals surface area contributed by atoms with E-state index in [1.54, 1.807) is 0 Å². The summed E-state index contributed by atoms with van der Waals surface area (Å²) in [6.45, 7) is 4.53. The summed E-state index contributed by atoms with van der Waals surface area (Å²) in [7, 11) is 0. The van der Waals surface area contributed by atoms with E-state index in [-0.39, 0.29) is 5.41 Å². The Bertz CT molecular complexity index is 926. The number of fused-ring (bicyclic) bond motifs is 1. The zero-order chi connectivity index (χ0) is 19.2. The Morgan fingerprint density at radius 3 is 2.64 bits per heavy atom. The molecule has 6 heteroatoms. The number of aromatic nitrogens is 3. The fourth-order valence-electron chi connectivity index (χ4n) is 3.86. The maximum atomic E-state index is 4.92. The highest BCUT2D eigenvalue weighted by atomic mass is 15.2. The molecule has 0 saturated heterocycles. The van der Waals surface area contributed by atoms with Crippen LogP contribution in [0.4, 0.5) is 0 Å². The predicted molar refractivity (Wildman–Crippen MR) is 113 cm³/mol. The smallest absolute Gasteiger partial charge is 0.191 e.